The van der Waals surface area contributed by atoms with Crippen molar-refractivity contribution >= 4 is 28.1 Å². The van der Waals surface area contributed by atoms with Gasteiger partial charge in [0.25, 0.3) is 5.91 Å². The van der Waals surface area contributed by atoms with Gasteiger partial charge in [-0.25, -0.2) is 9.97 Å². The van der Waals surface area contributed by atoms with Crippen molar-refractivity contribution in [3.8, 4) is 5.75 Å². The molecule has 2 saturated heterocycles. The van der Waals surface area contributed by atoms with E-state index >= 15 is 0 Å². The second kappa shape index (κ2) is 11.5. The van der Waals surface area contributed by atoms with Crippen LogP contribution in [0.1, 0.15) is 53.5 Å². The molecule has 2 N–H and O–H groups in total. The molecule has 0 bridgehead atoms. The van der Waals surface area contributed by atoms with Gasteiger partial charge in [0.15, 0.2) is 5.13 Å². The third-order valence-electron chi connectivity index (χ3n) is 7.27. The third kappa shape index (κ3) is 5.97. The number of nitrogens with one attached hydrogen (secondary N) is 2. The van der Waals surface area contributed by atoms with Gasteiger partial charge in [-0.05, 0) is 86.3 Å². The van der Waals surface area contributed by atoms with E-state index in [4.69, 9.17) is 9.72 Å². The van der Waals surface area contributed by atoms with Crippen LogP contribution < -0.4 is 20.3 Å². The Bertz CT molecular complexity index is 1420. The highest BCUT2D eigenvalue weighted by Crippen LogP contribution is 2.38. The Kier molecular flexibility index (Phi) is 7.55. The molecule has 3 aromatic heterocycles. The van der Waals surface area contributed by atoms with Crippen molar-refractivity contribution in [2.24, 2.45) is 0 Å². The number of halogens is 1. The summed E-state index contributed by atoms with van der Waals surface area (Å²) in [6.45, 7) is 3.30. The molecule has 0 radical (unpaired) electrons. The number of carbonyl (C=O) groups is 1. The van der Waals surface area contributed by atoms with E-state index in [-0.39, 0.29) is 18.1 Å². The van der Waals surface area contributed by atoms with Gasteiger partial charge in [0, 0.05) is 43.1 Å². The molecule has 39 heavy (non-hydrogen) atoms. The lowest BCUT2D eigenvalue weighted by atomic mass is 10.1. The fourth-order valence-electron chi connectivity index (χ4n) is 5.37. The number of hydrogen-bond donors (Lipinski definition) is 2. The van der Waals surface area contributed by atoms with Crippen molar-refractivity contribution in [3.63, 3.8) is 0 Å². The standard InChI is InChI=1S/C29H31FN6O2S/c30-27-16-20(11-13-32-27)18-35-14-2-6-26(35)28(37)34-29-33-24(19-39-29)25-5-3-15-36(25)21-7-9-22(10-8-21)38-23-4-1-12-31-17-23/h2,6-11,13-14,16,19,23,25,31H,1,3-5,12,15,17-18H2,(H,33,34,37)/t23-,25+/m0/s1. The molecule has 5 heterocycles. The fraction of sp³-hybridized carbons (Fsp3) is 0.345. The van der Waals surface area contributed by atoms with E-state index in [1.165, 1.54) is 23.6 Å². The number of anilines is 2. The van der Waals surface area contributed by atoms with Gasteiger partial charge in [-0.1, -0.05) is 0 Å². The van der Waals surface area contributed by atoms with E-state index in [1.54, 1.807) is 29.0 Å². The predicted molar refractivity (Wildman–Crippen MR) is 150 cm³/mol. The van der Waals surface area contributed by atoms with Crippen molar-refractivity contribution in [2.75, 3.05) is 29.9 Å². The summed E-state index contributed by atoms with van der Waals surface area (Å²) >= 11 is 1.43. The highest BCUT2D eigenvalue weighted by atomic mass is 32.1. The molecule has 6 rings (SSSR count). The summed E-state index contributed by atoms with van der Waals surface area (Å²) in [5.74, 6) is 0.117. The minimum absolute atomic E-state index is 0.159. The summed E-state index contributed by atoms with van der Waals surface area (Å²) in [5, 5.41) is 8.93. The molecule has 10 heteroatoms. The molecule has 1 aromatic carbocycles. The lowest BCUT2D eigenvalue weighted by Crippen LogP contribution is -2.37. The predicted octanol–water partition coefficient (Wildman–Crippen LogP) is 5.25. The number of piperidine rings is 1. The number of nitrogens with zero attached hydrogens (tertiary/aromatic N) is 4. The molecule has 1 amide bonds. The minimum Gasteiger partial charge on any atom is -0.489 e. The van der Waals surface area contributed by atoms with Gasteiger partial charge in [0.1, 0.15) is 17.5 Å². The maximum atomic E-state index is 13.5. The minimum atomic E-state index is -0.539. The SMILES string of the molecule is O=C(Nc1nc([C@H]2CCCN2c2ccc(O[C@H]3CCCNC3)cc2)cs1)c1cccn1Cc1ccnc(F)c1. The summed E-state index contributed by atoms with van der Waals surface area (Å²) in [6, 6.07) is 15.2. The van der Waals surface area contributed by atoms with Gasteiger partial charge in [-0.3, -0.25) is 10.1 Å². The van der Waals surface area contributed by atoms with E-state index in [1.807, 2.05) is 5.38 Å². The highest BCUT2D eigenvalue weighted by molar-refractivity contribution is 7.14. The maximum Gasteiger partial charge on any atom is 0.274 e. The van der Waals surface area contributed by atoms with E-state index in [9.17, 15) is 9.18 Å². The van der Waals surface area contributed by atoms with E-state index in [0.29, 0.717) is 17.4 Å². The zero-order valence-corrected chi connectivity index (χ0v) is 22.4. The first kappa shape index (κ1) is 25.5. The number of carbonyl (C=O) groups excluding carboxylic acids is 1. The van der Waals surface area contributed by atoms with Gasteiger partial charge in [0.2, 0.25) is 5.95 Å². The molecule has 0 unspecified atom stereocenters. The Morgan fingerprint density at radius 1 is 1.18 bits per heavy atom. The van der Waals surface area contributed by atoms with Crippen molar-refractivity contribution < 1.29 is 13.9 Å². The first-order valence-electron chi connectivity index (χ1n) is 13.4. The monoisotopic (exact) mass is 546 g/mol. The van der Waals surface area contributed by atoms with Gasteiger partial charge in [-0.15, -0.1) is 11.3 Å². The van der Waals surface area contributed by atoms with Crippen LogP contribution in [0.25, 0.3) is 0 Å². The first-order chi connectivity index (χ1) is 19.1. The van der Waals surface area contributed by atoms with E-state index < -0.39 is 5.95 Å². The van der Waals surface area contributed by atoms with E-state index in [2.05, 4.69) is 44.8 Å². The maximum absolute atomic E-state index is 13.5. The normalized spacial score (nSPS) is 19.3. The van der Waals surface area contributed by atoms with Gasteiger partial charge in [-0.2, -0.15) is 4.39 Å². The Morgan fingerprint density at radius 3 is 2.90 bits per heavy atom. The molecule has 0 aliphatic carbocycles. The average molecular weight is 547 g/mol. The summed E-state index contributed by atoms with van der Waals surface area (Å²) in [6.07, 6.45) is 7.78. The molecule has 8 nitrogen and oxygen atoms in total. The van der Waals surface area contributed by atoms with Crippen LogP contribution in [0, 0.1) is 5.95 Å². The number of amides is 1. The Hall–Kier alpha value is -3.76. The number of pyridine rings is 1. The molecule has 2 aliphatic heterocycles. The second-order valence-corrected chi connectivity index (χ2v) is 10.8. The first-order valence-corrected chi connectivity index (χ1v) is 14.3. The molecular weight excluding hydrogens is 515 g/mol. The Morgan fingerprint density at radius 2 is 2.08 bits per heavy atom. The smallest absolute Gasteiger partial charge is 0.274 e. The van der Waals surface area contributed by atoms with Crippen LogP contribution in [-0.2, 0) is 6.54 Å². The molecular formula is C29H31FN6O2S. The topological polar surface area (TPSA) is 84.3 Å². The van der Waals surface area contributed by atoms with Crippen LogP contribution in [0.5, 0.6) is 5.75 Å². The number of benzene rings is 1. The quantitative estimate of drug-likeness (QED) is 0.294. The van der Waals surface area contributed by atoms with Crippen LogP contribution in [0.3, 0.4) is 0 Å². The number of hydrogen-bond acceptors (Lipinski definition) is 7. The molecule has 2 fully saturated rings. The molecule has 4 aromatic rings. The zero-order chi connectivity index (χ0) is 26.6. The van der Waals surface area contributed by atoms with Gasteiger partial charge < -0.3 is 19.5 Å². The van der Waals surface area contributed by atoms with Crippen molar-refractivity contribution in [1.82, 2.24) is 19.9 Å². The molecule has 202 valence electrons. The lowest BCUT2D eigenvalue weighted by Gasteiger charge is -2.27. The van der Waals surface area contributed by atoms with Crippen LogP contribution in [0.15, 0.2) is 66.3 Å². The zero-order valence-electron chi connectivity index (χ0n) is 21.6. The Labute approximate surface area is 230 Å². The van der Waals surface area contributed by atoms with Crippen molar-refractivity contribution in [1.29, 1.82) is 0 Å². The summed E-state index contributed by atoms with van der Waals surface area (Å²) < 4.78 is 21.4. The van der Waals surface area contributed by atoms with Crippen molar-refractivity contribution in [2.45, 2.75) is 44.4 Å². The molecule has 2 aliphatic rings. The number of aromatic nitrogens is 3. The number of rotatable bonds is 8. The number of ether oxygens (including phenoxy) is 1. The van der Waals surface area contributed by atoms with Crippen molar-refractivity contribution in [3.05, 3.63) is 89.2 Å². The van der Waals surface area contributed by atoms with E-state index in [0.717, 1.165) is 68.0 Å². The fourth-order valence-corrected chi connectivity index (χ4v) is 6.12. The molecule has 0 spiro atoms. The van der Waals surface area contributed by atoms with Gasteiger partial charge in [0.05, 0.1) is 11.7 Å². The van der Waals surface area contributed by atoms with Gasteiger partial charge >= 0.3 is 0 Å². The average Bonchev–Trinajstić information content (AvgIpc) is 3.71. The van der Waals surface area contributed by atoms with Crippen LogP contribution in [0.4, 0.5) is 15.2 Å². The lowest BCUT2D eigenvalue weighted by molar-refractivity contribution is 0.101. The summed E-state index contributed by atoms with van der Waals surface area (Å²) in [5.41, 5.74) is 3.33. The summed E-state index contributed by atoms with van der Waals surface area (Å²) in [7, 11) is 0. The largest absolute Gasteiger partial charge is 0.489 e. The second-order valence-electron chi connectivity index (χ2n) is 9.97. The van der Waals surface area contributed by atoms with Crippen LogP contribution >= 0.6 is 11.3 Å². The van der Waals surface area contributed by atoms with Crippen LogP contribution in [0.2, 0.25) is 0 Å². The summed E-state index contributed by atoms with van der Waals surface area (Å²) in [4.78, 5) is 23.8. The number of thiazole rings is 1. The Balaban J connectivity index is 1.10. The molecule has 2 atom stereocenters. The molecule has 0 saturated carbocycles. The van der Waals surface area contributed by atoms with Crippen LogP contribution in [-0.4, -0.2) is 46.2 Å². The highest BCUT2D eigenvalue weighted by Gasteiger charge is 2.29. The third-order valence-corrected chi connectivity index (χ3v) is 8.04.